The first kappa shape index (κ1) is 9.56. The molecule has 0 aliphatic carbocycles. The summed E-state index contributed by atoms with van der Waals surface area (Å²) in [5.41, 5.74) is 1.04. The molecule has 0 saturated carbocycles. The van der Waals surface area contributed by atoms with Gasteiger partial charge >= 0.3 is 0 Å². The van der Waals surface area contributed by atoms with E-state index >= 15 is 0 Å². The van der Waals surface area contributed by atoms with E-state index in [0.717, 1.165) is 0 Å². The van der Waals surface area contributed by atoms with E-state index in [0.29, 0.717) is 22.4 Å². The third-order valence-electron chi connectivity index (χ3n) is 1.83. The molecule has 5 heteroatoms. The van der Waals surface area contributed by atoms with Gasteiger partial charge in [-0.1, -0.05) is 11.6 Å². The molecule has 2 rings (SSSR count). The number of aromatic nitrogens is 1. The lowest BCUT2D eigenvalue weighted by Gasteiger charge is -1.86. The number of nitriles is 1. The van der Waals surface area contributed by atoms with Crippen molar-refractivity contribution in [3.8, 4) is 6.07 Å². The molecule has 0 aliphatic heterocycles. The molecule has 0 unspecified atom stereocenters. The van der Waals surface area contributed by atoms with E-state index in [1.807, 2.05) is 0 Å². The number of nitrogens with zero attached hydrogens (tertiary/aromatic N) is 2. The third kappa shape index (κ3) is 1.65. The van der Waals surface area contributed by atoms with E-state index in [9.17, 15) is 0 Å². The van der Waals surface area contributed by atoms with Crippen LogP contribution >= 0.6 is 11.6 Å². The fraction of sp³-hybridized carbons (Fsp3) is 0. The normalized spacial score (nSPS) is 11.6. The average molecular weight is 221 g/mol. The summed E-state index contributed by atoms with van der Waals surface area (Å²) in [6.07, 6.45) is 0.659. The van der Waals surface area contributed by atoms with Crippen LogP contribution in [0.25, 0.3) is 16.7 Å². The summed E-state index contributed by atoms with van der Waals surface area (Å²) in [6, 6.07) is 6.70. The largest absolute Gasteiger partial charge is 0.514 e. The minimum atomic E-state index is -0.0256. The highest BCUT2D eigenvalue weighted by atomic mass is 35.5. The summed E-state index contributed by atoms with van der Waals surface area (Å²) >= 11 is 5.76. The van der Waals surface area contributed by atoms with Crippen LogP contribution in [-0.2, 0) is 0 Å². The predicted octanol–water partition coefficient (Wildman–Crippen LogP) is 2.90. The molecule has 0 radical (unpaired) electrons. The van der Waals surface area contributed by atoms with Crippen molar-refractivity contribution in [3.63, 3.8) is 0 Å². The van der Waals surface area contributed by atoms with Crippen molar-refractivity contribution < 1.29 is 9.52 Å². The minimum Gasteiger partial charge on any atom is -0.514 e. The van der Waals surface area contributed by atoms with Crippen LogP contribution < -0.4 is 0 Å². The van der Waals surface area contributed by atoms with Gasteiger partial charge in [0.05, 0.1) is 0 Å². The molecule has 1 N–H and O–H groups in total. The Kier molecular flexibility index (Phi) is 2.32. The first-order valence-corrected chi connectivity index (χ1v) is 4.43. The van der Waals surface area contributed by atoms with Crippen molar-refractivity contribution in [1.29, 1.82) is 5.26 Å². The lowest BCUT2D eigenvalue weighted by atomic mass is 10.3. The van der Waals surface area contributed by atoms with Gasteiger partial charge in [-0.05, 0) is 18.2 Å². The number of aliphatic hydroxyl groups excluding tert-OH is 1. The van der Waals surface area contributed by atoms with Gasteiger partial charge in [0.25, 0.3) is 0 Å². The second-order valence-corrected chi connectivity index (χ2v) is 3.22. The first-order valence-electron chi connectivity index (χ1n) is 4.05. The van der Waals surface area contributed by atoms with E-state index in [1.54, 1.807) is 24.3 Å². The summed E-state index contributed by atoms with van der Waals surface area (Å²) in [7, 11) is 0. The van der Waals surface area contributed by atoms with Gasteiger partial charge in [0, 0.05) is 5.02 Å². The van der Waals surface area contributed by atoms with Gasteiger partial charge in [-0.25, -0.2) is 4.98 Å². The molecule has 0 fully saturated rings. The maximum atomic E-state index is 8.75. The molecule has 1 aromatic carbocycles. The maximum Gasteiger partial charge on any atom is 0.241 e. The van der Waals surface area contributed by atoms with Gasteiger partial charge in [0.15, 0.2) is 5.58 Å². The van der Waals surface area contributed by atoms with Gasteiger partial charge in [0.2, 0.25) is 5.89 Å². The quantitative estimate of drug-likeness (QED) is 0.593. The Morgan fingerprint density at radius 2 is 2.40 bits per heavy atom. The third-order valence-corrected chi connectivity index (χ3v) is 2.06. The van der Waals surface area contributed by atoms with E-state index in [2.05, 4.69) is 4.98 Å². The highest BCUT2D eigenvalue weighted by Crippen LogP contribution is 2.23. The smallest absolute Gasteiger partial charge is 0.241 e. The van der Waals surface area contributed by atoms with Crippen LogP contribution in [0.1, 0.15) is 5.89 Å². The number of benzene rings is 1. The topological polar surface area (TPSA) is 70.0 Å². The molecule has 0 atom stereocenters. The fourth-order valence-electron chi connectivity index (χ4n) is 1.15. The zero-order chi connectivity index (χ0) is 10.8. The predicted molar refractivity (Wildman–Crippen MR) is 55.2 cm³/mol. The van der Waals surface area contributed by atoms with Crippen LogP contribution in [0.5, 0.6) is 0 Å². The second-order valence-electron chi connectivity index (χ2n) is 2.79. The minimum absolute atomic E-state index is 0.0256. The number of fused-ring (bicyclic) bond motifs is 1. The Bertz CT molecular complexity index is 581. The number of oxazole rings is 1. The molecule has 15 heavy (non-hydrogen) atoms. The lowest BCUT2D eigenvalue weighted by Crippen LogP contribution is -1.79. The molecule has 1 aromatic heterocycles. The molecule has 0 aliphatic rings. The number of aliphatic hydroxyl groups is 1. The zero-order valence-electron chi connectivity index (χ0n) is 7.44. The maximum absolute atomic E-state index is 8.75. The Balaban J connectivity index is 2.62. The van der Waals surface area contributed by atoms with Crippen molar-refractivity contribution in [2.75, 3.05) is 0 Å². The first-order chi connectivity index (χ1) is 7.24. The van der Waals surface area contributed by atoms with Gasteiger partial charge < -0.3 is 9.52 Å². The molecule has 0 bridgehead atoms. The van der Waals surface area contributed by atoms with Crippen LogP contribution in [0.3, 0.4) is 0 Å². The lowest BCUT2D eigenvalue weighted by molar-refractivity contribution is 0.473. The fourth-order valence-corrected chi connectivity index (χ4v) is 1.31. The van der Waals surface area contributed by atoms with Crippen molar-refractivity contribution in [2.24, 2.45) is 0 Å². The highest BCUT2D eigenvalue weighted by molar-refractivity contribution is 6.31. The van der Waals surface area contributed by atoms with Crippen LogP contribution in [0.2, 0.25) is 5.02 Å². The molecule has 0 spiro atoms. The molecule has 0 saturated heterocycles. The Labute approximate surface area is 90.0 Å². The van der Waals surface area contributed by atoms with Crippen LogP contribution in [0, 0.1) is 11.3 Å². The second kappa shape index (κ2) is 3.64. The molecule has 74 valence electrons. The molecule has 1 heterocycles. The van der Waals surface area contributed by atoms with Crippen molar-refractivity contribution in [2.45, 2.75) is 0 Å². The number of hydrogen-bond acceptors (Lipinski definition) is 4. The van der Waals surface area contributed by atoms with Gasteiger partial charge in [-0.15, -0.1) is 0 Å². The van der Waals surface area contributed by atoms with E-state index in [1.165, 1.54) is 0 Å². The van der Waals surface area contributed by atoms with Crippen molar-refractivity contribution >= 4 is 28.3 Å². The van der Waals surface area contributed by atoms with Crippen LogP contribution in [0.15, 0.2) is 28.9 Å². The molecule has 0 amide bonds. The summed E-state index contributed by atoms with van der Waals surface area (Å²) in [4.78, 5) is 4.01. The molecular weight excluding hydrogens is 216 g/mol. The van der Waals surface area contributed by atoms with Gasteiger partial charge in [-0.3, -0.25) is 0 Å². The Hall–Kier alpha value is -1.99. The zero-order valence-corrected chi connectivity index (χ0v) is 8.19. The SMILES string of the molecule is N#C/C(=C/O)c1nc2cc(Cl)ccc2o1. The summed E-state index contributed by atoms with van der Waals surface area (Å²) < 4.78 is 5.25. The van der Waals surface area contributed by atoms with E-state index in [4.69, 9.17) is 26.4 Å². The van der Waals surface area contributed by atoms with E-state index in [-0.39, 0.29) is 11.5 Å². The number of hydrogen-bond donors (Lipinski definition) is 1. The summed E-state index contributed by atoms with van der Waals surface area (Å²) in [5, 5.41) is 17.9. The molecular formula is C10H5ClN2O2. The van der Waals surface area contributed by atoms with Crippen molar-refractivity contribution in [1.82, 2.24) is 4.98 Å². The monoisotopic (exact) mass is 220 g/mol. The number of rotatable bonds is 1. The van der Waals surface area contributed by atoms with Crippen LogP contribution in [0.4, 0.5) is 0 Å². The summed E-state index contributed by atoms with van der Waals surface area (Å²) in [5.74, 6) is 0.0808. The average Bonchev–Trinajstić information content (AvgIpc) is 2.62. The molecule has 4 nitrogen and oxygen atoms in total. The van der Waals surface area contributed by atoms with Gasteiger partial charge in [0.1, 0.15) is 23.4 Å². The summed E-state index contributed by atoms with van der Waals surface area (Å²) in [6.45, 7) is 0. The van der Waals surface area contributed by atoms with E-state index < -0.39 is 0 Å². The number of allylic oxidation sites excluding steroid dienone is 1. The van der Waals surface area contributed by atoms with Gasteiger partial charge in [-0.2, -0.15) is 5.26 Å². The molecule has 2 aromatic rings. The van der Waals surface area contributed by atoms with Crippen LogP contribution in [-0.4, -0.2) is 10.1 Å². The Morgan fingerprint density at radius 3 is 3.07 bits per heavy atom. The standard InChI is InChI=1S/C10H5ClN2O2/c11-7-1-2-9-8(3-7)13-10(15-9)6(4-12)5-14/h1-3,5,14H/b6-5-. The van der Waals surface area contributed by atoms with Crippen molar-refractivity contribution in [3.05, 3.63) is 35.4 Å². The highest BCUT2D eigenvalue weighted by Gasteiger charge is 2.10. The Morgan fingerprint density at radius 1 is 1.60 bits per heavy atom. The number of halogens is 1.